The van der Waals surface area contributed by atoms with E-state index in [1.807, 2.05) is 23.1 Å². The van der Waals surface area contributed by atoms with Crippen LogP contribution in [0.5, 0.6) is 11.5 Å². The Kier molecular flexibility index (Phi) is 5.95. The van der Waals surface area contributed by atoms with Gasteiger partial charge in [0, 0.05) is 19.6 Å². The van der Waals surface area contributed by atoms with Crippen molar-refractivity contribution in [3.05, 3.63) is 23.8 Å². The van der Waals surface area contributed by atoms with Gasteiger partial charge in [0.25, 0.3) is 0 Å². The van der Waals surface area contributed by atoms with Gasteiger partial charge in [-0.1, -0.05) is 6.07 Å². The zero-order chi connectivity index (χ0) is 19.6. The Labute approximate surface area is 161 Å². The lowest BCUT2D eigenvalue weighted by Crippen LogP contribution is -2.46. The van der Waals surface area contributed by atoms with Crippen molar-refractivity contribution in [2.24, 2.45) is 5.92 Å². The smallest absolute Gasteiger partial charge is 0.227 e. The number of rotatable bonds is 5. The minimum absolute atomic E-state index is 0.00841. The van der Waals surface area contributed by atoms with Crippen LogP contribution >= 0.6 is 0 Å². The van der Waals surface area contributed by atoms with E-state index in [0.717, 1.165) is 31.2 Å². The van der Waals surface area contributed by atoms with Gasteiger partial charge in [-0.05, 0) is 43.4 Å². The number of benzene rings is 1. The highest BCUT2D eigenvalue weighted by Crippen LogP contribution is 2.38. The van der Waals surface area contributed by atoms with E-state index < -0.39 is 10.0 Å². The van der Waals surface area contributed by atoms with Crippen LogP contribution in [0.1, 0.15) is 37.3 Å². The monoisotopic (exact) mass is 396 g/mol. The van der Waals surface area contributed by atoms with Crippen molar-refractivity contribution in [3.8, 4) is 11.5 Å². The maximum atomic E-state index is 13.2. The third kappa shape index (κ3) is 4.21. The first-order valence-corrected chi connectivity index (χ1v) is 11.2. The van der Waals surface area contributed by atoms with Gasteiger partial charge in [-0.15, -0.1) is 0 Å². The third-order valence-electron chi connectivity index (χ3n) is 5.53. The van der Waals surface area contributed by atoms with Gasteiger partial charge in [0.1, 0.15) is 0 Å². The highest BCUT2D eigenvalue weighted by molar-refractivity contribution is 7.88. The zero-order valence-electron chi connectivity index (χ0n) is 16.2. The number of carbonyl (C=O) groups excluding carboxylic acids is 1. The Balaban J connectivity index is 1.79. The molecule has 2 fully saturated rings. The minimum Gasteiger partial charge on any atom is -0.493 e. The molecule has 8 heteroatoms. The molecule has 0 N–H and O–H groups in total. The van der Waals surface area contributed by atoms with Gasteiger partial charge < -0.3 is 14.4 Å². The van der Waals surface area contributed by atoms with Crippen LogP contribution in [-0.2, 0) is 14.8 Å². The first kappa shape index (κ1) is 19.9. The van der Waals surface area contributed by atoms with Gasteiger partial charge in [0.15, 0.2) is 11.5 Å². The summed E-state index contributed by atoms with van der Waals surface area (Å²) >= 11 is 0. The lowest BCUT2D eigenvalue weighted by atomic mass is 9.96. The zero-order valence-corrected chi connectivity index (χ0v) is 17.0. The molecule has 0 saturated carbocycles. The van der Waals surface area contributed by atoms with Crippen molar-refractivity contribution in [1.82, 2.24) is 9.21 Å². The molecule has 0 spiro atoms. The molecule has 150 valence electrons. The largest absolute Gasteiger partial charge is 0.493 e. The van der Waals surface area contributed by atoms with E-state index in [2.05, 4.69) is 0 Å². The lowest BCUT2D eigenvalue weighted by molar-refractivity contribution is -0.137. The maximum Gasteiger partial charge on any atom is 0.227 e. The molecule has 27 heavy (non-hydrogen) atoms. The van der Waals surface area contributed by atoms with Crippen LogP contribution in [-0.4, -0.2) is 63.6 Å². The average molecular weight is 397 g/mol. The molecule has 2 unspecified atom stereocenters. The van der Waals surface area contributed by atoms with E-state index in [1.165, 1.54) is 10.6 Å². The molecule has 2 heterocycles. The molecule has 1 aromatic carbocycles. The van der Waals surface area contributed by atoms with Crippen LogP contribution in [0.15, 0.2) is 18.2 Å². The summed E-state index contributed by atoms with van der Waals surface area (Å²) in [4.78, 5) is 15.1. The molecule has 2 atom stereocenters. The van der Waals surface area contributed by atoms with Crippen molar-refractivity contribution in [1.29, 1.82) is 0 Å². The number of sulfonamides is 1. The fraction of sp³-hybridized carbons (Fsp3) is 0.632. The van der Waals surface area contributed by atoms with Crippen molar-refractivity contribution < 1.29 is 22.7 Å². The summed E-state index contributed by atoms with van der Waals surface area (Å²) in [6.45, 7) is 1.49. The Hall–Kier alpha value is -1.80. The molecule has 3 rings (SSSR count). The second-order valence-corrected chi connectivity index (χ2v) is 9.25. The van der Waals surface area contributed by atoms with Gasteiger partial charge in [0.2, 0.25) is 15.9 Å². The van der Waals surface area contributed by atoms with E-state index in [9.17, 15) is 13.2 Å². The van der Waals surface area contributed by atoms with E-state index in [-0.39, 0.29) is 24.4 Å². The number of hydrogen-bond acceptors (Lipinski definition) is 5. The predicted molar refractivity (Wildman–Crippen MR) is 102 cm³/mol. The summed E-state index contributed by atoms with van der Waals surface area (Å²) in [7, 11) is -0.0711. The summed E-state index contributed by atoms with van der Waals surface area (Å²) in [5.41, 5.74) is 1.02. The van der Waals surface area contributed by atoms with Crippen LogP contribution in [0.4, 0.5) is 0 Å². The number of likely N-dealkylation sites (tertiary alicyclic amines) is 1. The second-order valence-electron chi connectivity index (χ2n) is 7.26. The van der Waals surface area contributed by atoms with Gasteiger partial charge in [0.05, 0.1) is 32.4 Å². The first-order valence-electron chi connectivity index (χ1n) is 9.32. The van der Waals surface area contributed by atoms with E-state index >= 15 is 0 Å². The molecule has 0 aromatic heterocycles. The number of carbonyl (C=O) groups is 1. The summed E-state index contributed by atoms with van der Waals surface area (Å²) < 4.78 is 35.9. The fourth-order valence-electron chi connectivity index (χ4n) is 4.12. The standard InChI is InChI=1S/C19H28N2O5S/c1-25-17-9-8-14(12-18(17)26-2)16-7-5-11-21(16)19(22)15-6-4-10-20(13-15)27(3,23)24/h8-9,12,15-16H,4-7,10-11,13H2,1-3H3. The van der Waals surface area contributed by atoms with Crippen molar-refractivity contribution in [2.45, 2.75) is 31.7 Å². The predicted octanol–water partition coefficient (Wildman–Crippen LogP) is 2.04. The van der Waals surface area contributed by atoms with Gasteiger partial charge in [-0.3, -0.25) is 4.79 Å². The third-order valence-corrected chi connectivity index (χ3v) is 6.80. The number of methoxy groups -OCH3 is 2. The molecule has 2 saturated heterocycles. The molecule has 1 amide bonds. The van der Waals surface area contributed by atoms with Crippen LogP contribution in [0.2, 0.25) is 0 Å². The van der Waals surface area contributed by atoms with Gasteiger partial charge in [-0.25, -0.2) is 12.7 Å². The molecule has 2 aliphatic heterocycles. The Morgan fingerprint density at radius 1 is 1.07 bits per heavy atom. The highest BCUT2D eigenvalue weighted by Gasteiger charge is 2.37. The fourth-order valence-corrected chi connectivity index (χ4v) is 5.03. The van der Waals surface area contributed by atoms with E-state index in [4.69, 9.17) is 9.47 Å². The average Bonchev–Trinajstić information content (AvgIpc) is 3.16. The highest BCUT2D eigenvalue weighted by atomic mass is 32.2. The van der Waals surface area contributed by atoms with Crippen LogP contribution in [0.25, 0.3) is 0 Å². The molecule has 0 bridgehead atoms. The van der Waals surface area contributed by atoms with E-state index in [1.54, 1.807) is 14.2 Å². The Bertz CT molecular complexity index is 795. The SMILES string of the molecule is COc1ccc(C2CCCN2C(=O)C2CCCN(S(C)(=O)=O)C2)cc1OC. The van der Waals surface area contributed by atoms with Crippen molar-refractivity contribution in [3.63, 3.8) is 0 Å². The number of piperidine rings is 1. The Morgan fingerprint density at radius 3 is 2.44 bits per heavy atom. The topological polar surface area (TPSA) is 76.2 Å². The number of nitrogens with zero attached hydrogens (tertiary/aromatic N) is 2. The van der Waals surface area contributed by atoms with Gasteiger partial charge >= 0.3 is 0 Å². The summed E-state index contributed by atoms with van der Waals surface area (Å²) in [5.74, 6) is 1.10. The molecule has 0 aliphatic carbocycles. The summed E-state index contributed by atoms with van der Waals surface area (Å²) in [6.07, 6.45) is 4.50. The van der Waals surface area contributed by atoms with Crippen molar-refractivity contribution in [2.75, 3.05) is 40.1 Å². The molecule has 7 nitrogen and oxygen atoms in total. The number of hydrogen-bond donors (Lipinski definition) is 0. The quantitative estimate of drug-likeness (QED) is 0.761. The lowest BCUT2D eigenvalue weighted by Gasteiger charge is -2.34. The van der Waals surface area contributed by atoms with Crippen molar-refractivity contribution >= 4 is 15.9 Å². The normalized spacial score (nSPS) is 24.0. The molecule has 0 radical (unpaired) electrons. The second kappa shape index (κ2) is 8.06. The molecular weight excluding hydrogens is 368 g/mol. The summed E-state index contributed by atoms with van der Waals surface area (Å²) in [6, 6.07) is 5.76. The number of amides is 1. The van der Waals surface area contributed by atoms with Crippen LogP contribution < -0.4 is 9.47 Å². The molecule has 2 aliphatic rings. The molecule has 1 aromatic rings. The number of ether oxygens (including phenoxy) is 2. The minimum atomic E-state index is -3.27. The first-order chi connectivity index (χ1) is 12.8. The Morgan fingerprint density at radius 2 is 1.78 bits per heavy atom. The van der Waals surface area contributed by atoms with Crippen LogP contribution in [0, 0.1) is 5.92 Å². The molecular formula is C19H28N2O5S. The van der Waals surface area contributed by atoms with Crippen LogP contribution in [0.3, 0.4) is 0 Å². The maximum absolute atomic E-state index is 13.2. The van der Waals surface area contributed by atoms with E-state index in [0.29, 0.717) is 24.6 Å². The van der Waals surface area contributed by atoms with Gasteiger partial charge in [-0.2, -0.15) is 0 Å². The summed E-state index contributed by atoms with van der Waals surface area (Å²) in [5, 5.41) is 0.